The van der Waals surface area contributed by atoms with E-state index in [1.165, 1.54) is 19.3 Å². The highest BCUT2D eigenvalue weighted by Crippen LogP contribution is 2.20. The van der Waals surface area contributed by atoms with E-state index in [0.717, 1.165) is 17.7 Å². The third-order valence-corrected chi connectivity index (χ3v) is 3.72. The molecule has 0 amide bonds. The maximum Gasteiger partial charge on any atom is 0.163 e. The van der Waals surface area contributed by atoms with Gasteiger partial charge < -0.3 is 4.90 Å². The minimum absolute atomic E-state index is 0.285. The van der Waals surface area contributed by atoms with Crippen molar-refractivity contribution >= 4 is 11.5 Å². The number of unbranched alkanes of at least 4 members (excludes halogenated alkanes) is 1. The molecule has 0 bridgehead atoms. The first-order chi connectivity index (χ1) is 9.08. The molecule has 0 fully saturated rings. The predicted molar refractivity (Wildman–Crippen MR) is 83.0 cm³/mol. The van der Waals surface area contributed by atoms with E-state index < -0.39 is 0 Å². The van der Waals surface area contributed by atoms with Crippen molar-refractivity contribution in [2.45, 2.75) is 46.0 Å². The highest BCUT2D eigenvalue weighted by Gasteiger charge is 2.13. The van der Waals surface area contributed by atoms with E-state index in [4.69, 9.17) is 0 Å². The van der Waals surface area contributed by atoms with Crippen molar-refractivity contribution in [3.8, 4) is 0 Å². The zero-order chi connectivity index (χ0) is 14.3. The molecule has 0 saturated heterocycles. The van der Waals surface area contributed by atoms with Crippen molar-refractivity contribution in [2.24, 2.45) is 5.92 Å². The van der Waals surface area contributed by atoms with Crippen LogP contribution in [0.1, 0.15) is 56.3 Å². The number of anilines is 1. The third-order valence-electron chi connectivity index (χ3n) is 3.72. The zero-order valence-electron chi connectivity index (χ0n) is 12.8. The summed E-state index contributed by atoms with van der Waals surface area (Å²) < 4.78 is 0. The second kappa shape index (κ2) is 7.98. The van der Waals surface area contributed by atoms with Crippen LogP contribution in [0.25, 0.3) is 0 Å². The topological polar surface area (TPSA) is 20.3 Å². The van der Waals surface area contributed by atoms with Gasteiger partial charge in [-0.05, 0) is 30.2 Å². The average molecular weight is 261 g/mol. The molecule has 0 N–H and O–H groups in total. The van der Waals surface area contributed by atoms with Crippen LogP contribution in [0, 0.1) is 5.92 Å². The zero-order valence-corrected chi connectivity index (χ0v) is 12.8. The molecule has 0 aliphatic rings. The molecule has 1 atom stereocenters. The van der Waals surface area contributed by atoms with E-state index in [9.17, 15) is 4.79 Å². The highest BCUT2D eigenvalue weighted by atomic mass is 16.1. The van der Waals surface area contributed by atoms with Gasteiger partial charge in [0.2, 0.25) is 0 Å². The fraction of sp³-hybridized carbons (Fsp3) is 0.588. The summed E-state index contributed by atoms with van der Waals surface area (Å²) in [6.45, 7) is 4.39. The van der Waals surface area contributed by atoms with Crippen molar-refractivity contribution in [3.05, 3.63) is 29.8 Å². The molecule has 0 radical (unpaired) electrons. The monoisotopic (exact) mass is 261 g/mol. The molecule has 0 saturated carbocycles. The Hall–Kier alpha value is -1.31. The van der Waals surface area contributed by atoms with Crippen molar-refractivity contribution < 1.29 is 4.79 Å². The summed E-state index contributed by atoms with van der Waals surface area (Å²) in [5.74, 6) is 0.828. The molecule has 1 rings (SSSR count). The number of hydrogen-bond donors (Lipinski definition) is 0. The SMILES string of the molecule is CCCCC(CC)CC(=O)c1ccc(N(C)C)cc1. The second-order valence-electron chi connectivity index (χ2n) is 5.49. The highest BCUT2D eigenvalue weighted by molar-refractivity contribution is 5.96. The minimum Gasteiger partial charge on any atom is -0.378 e. The molecule has 1 unspecified atom stereocenters. The van der Waals surface area contributed by atoms with E-state index in [0.29, 0.717) is 12.3 Å². The number of nitrogens with zero attached hydrogens (tertiary/aromatic N) is 1. The van der Waals surface area contributed by atoms with Gasteiger partial charge in [0, 0.05) is 31.8 Å². The molecule has 1 aromatic rings. The quantitative estimate of drug-likeness (QED) is 0.640. The minimum atomic E-state index is 0.285. The van der Waals surface area contributed by atoms with Gasteiger partial charge in [0.05, 0.1) is 0 Å². The maximum atomic E-state index is 12.2. The normalized spacial score (nSPS) is 12.2. The Morgan fingerprint density at radius 2 is 1.79 bits per heavy atom. The molecule has 0 aliphatic carbocycles. The lowest BCUT2D eigenvalue weighted by atomic mass is 9.91. The van der Waals surface area contributed by atoms with E-state index in [1.807, 2.05) is 43.3 Å². The van der Waals surface area contributed by atoms with E-state index >= 15 is 0 Å². The molecule has 19 heavy (non-hydrogen) atoms. The van der Waals surface area contributed by atoms with Gasteiger partial charge in [-0.1, -0.05) is 39.5 Å². The number of benzene rings is 1. The maximum absolute atomic E-state index is 12.2. The number of hydrogen-bond acceptors (Lipinski definition) is 2. The smallest absolute Gasteiger partial charge is 0.163 e. The van der Waals surface area contributed by atoms with Crippen LogP contribution in [-0.2, 0) is 0 Å². The van der Waals surface area contributed by atoms with Gasteiger partial charge in [0.15, 0.2) is 5.78 Å². The van der Waals surface area contributed by atoms with Crippen LogP contribution in [0.3, 0.4) is 0 Å². The molecule has 1 aromatic carbocycles. The molecule has 0 heterocycles. The van der Waals surface area contributed by atoms with E-state index in [1.54, 1.807) is 0 Å². The van der Waals surface area contributed by atoms with E-state index in [-0.39, 0.29) is 5.78 Å². The van der Waals surface area contributed by atoms with Crippen LogP contribution in [0.15, 0.2) is 24.3 Å². The molecular weight excluding hydrogens is 234 g/mol. The van der Waals surface area contributed by atoms with Gasteiger partial charge in [-0.25, -0.2) is 0 Å². The summed E-state index contributed by atoms with van der Waals surface area (Å²) in [6.07, 6.45) is 5.40. The number of carbonyl (C=O) groups is 1. The second-order valence-corrected chi connectivity index (χ2v) is 5.49. The lowest BCUT2D eigenvalue weighted by molar-refractivity contribution is 0.0957. The Kier molecular flexibility index (Phi) is 6.61. The van der Waals surface area contributed by atoms with Crippen molar-refractivity contribution in [3.63, 3.8) is 0 Å². The standard InChI is InChI=1S/C17H27NO/c1-5-7-8-14(6-2)13-17(19)15-9-11-16(12-10-15)18(3)4/h9-12,14H,5-8,13H2,1-4H3. The lowest BCUT2D eigenvalue weighted by Gasteiger charge is -2.15. The summed E-state index contributed by atoms with van der Waals surface area (Å²) in [6, 6.07) is 7.93. The van der Waals surface area contributed by atoms with Gasteiger partial charge in [-0.2, -0.15) is 0 Å². The fourth-order valence-corrected chi connectivity index (χ4v) is 2.27. The van der Waals surface area contributed by atoms with Crippen molar-refractivity contribution in [2.75, 3.05) is 19.0 Å². The fourth-order valence-electron chi connectivity index (χ4n) is 2.27. The van der Waals surface area contributed by atoms with Crippen molar-refractivity contribution in [1.82, 2.24) is 0 Å². The molecule has 0 aromatic heterocycles. The molecule has 2 nitrogen and oxygen atoms in total. The molecule has 0 spiro atoms. The first kappa shape index (κ1) is 15.7. The van der Waals surface area contributed by atoms with Crippen LogP contribution in [0.5, 0.6) is 0 Å². The van der Waals surface area contributed by atoms with Crippen LogP contribution >= 0.6 is 0 Å². The summed E-state index contributed by atoms with van der Waals surface area (Å²) in [5, 5.41) is 0. The van der Waals surface area contributed by atoms with Crippen LogP contribution in [-0.4, -0.2) is 19.9 Å². The predicted octanol–water partition coefficient (Wildman–Crippen LogP) is 4.54. The molecule has 2 heteroatoms. The third kappa shape index (κ3) is 5.06. The van der Waals surface area contributed by atoms with Gasteiger partial charge in [-0.3, -0.25) is 4.79 Å². The Morgan fingerprint density at radius 1 is 1.16 bits per heavy atom. The number of carbonyl (C=O) groups excluding carboxylic acids is 1. The number of ketones is 1. The van der Waals surface area contributed by atoms with Gasteiger partial charge in [0.1, 0.15) is 0 Å². The summed E-state index contributed by atoms with van der Waals surface area (Å²) in [4.78, 5) is 14.3. The van der Waals surface area contributed by atoms with Gasteiger partial charge >= 0.3 is 0 Å². The van der Waals surface area contributed by atoms with Crippen LogP contribution in [0.2, 0.25) is 0 Å². The Bertz CT molecular complexity index is 381. The summed E-state index contributed by atoms with van der Waals surface area (Å²) in [7, 11) is 4.02. The van der Waals surface area contributed by atoms with E-state index in [2.05, 4.69) is 13.8 Å². The molecular formula is C17H27NO. The van der Waals surface area contributed by atoms with Gasteiger partial charge in [-0.15, -0.1) is 0 Å². The lowest BCUT2D eigenvalue weighted by Crippen LogP contribution is -2.10. The van der Waals surface area contributed by atoms with Crippen molar-refractivity contribution in [1.29, 1.82) is 0 Å². The number of Topliss-reactive ketones (excluding diaryl/α,β-unsaturated/α-hetero) is 1. The average Bonchev–Trinajstić information content (AvgIpc) is 2.43. The Labute approximate surface area is 117 Å². The van der Waals surface area contributed by atoms with Gasteiger partial charge in [0.25, 0.3) is 0 Å². The first-order valence-corrected chi connectivity index (χ1v) is 7.39. The Balaban J connectivity index is 2.61. The van der Waals surface area contributed by atoms with Crippen LogP contribution in [0.4, 0.5) is 5.69 Å². The first-order valence-electron chi connectivity index (χ1n) is 7.39. The summed E-state index contributed by atoms with van der Waals surface area (Å²) >= 11 is 0. The molecule has 106 valence electrons. The largest absolute Gasteiger partial charge is 0.378 e. The summed E-state index contributed by atoms with van der Waals surface area (Å²) in [5.41, 5.74) is 1.98. The van der Waals surface area contributed by atoms with Crippen LogP contribution < -0.4 is 4.90 Å². The Morgan fingerprint density at radius 3 is 2.26 bits per heavy atom. The number of rotatable bonds is 8. The molecule has 0 aliphatic heterocycles.